The van der Waals surface area contributed by atoms with Gasteiger partial charge in [-0.15, -0.1) is 5.01 Å². The van der Waals surface area contributed by atoms with Crippen molar-refractivity contribution in [2.45, 2.75) is 19.3 Å². The summed E-state index contributed by atoms with van der Waals surface area (Å²) < 4.78 is 0. The van der Waals surface area contributed by atoms with Crippen molar-refractivity contribution in [3.05, 3.63) is 10.1 Å². The van der Waals surface area contributed by atoms with Crippen LogP contribution in [0.4, 0.5) is 0 Å². The van der Waals surface area contributed by atoms with Crippen LogP contribution < -0.4 is 0 Å². The minimum Gasteiger partial charge on any atom is -0.281 e. The lowest BCUT2D eigenvalue weighted by Gasteiger charge is -2.27. The zero-order valence-electron chi connectivity index (χ0n) is 7.40. The molecule has 70 valence electrons. The highest BCUT2D eigenvalue weighted by atomic mass is 16.7. The molecule has 1 rings (SSSR count). The lowest BCUT2D eigenvalue weighted by molar-refractivity contribution is -0.653. The second-order valence-electron chi connectivity index (χ2n) is 3.22. The summed E-state index contributed by atoms with van der Waals surface area (Å²) in [4.78, 5) is 12.4. The van der Waals surface area contributed by atoms with E-state index in [1.54, 1.807) is 0 Å². The summed E-state index contributed by atoms with van der Waals surface area (Å²) in [6.45, 7) is 2.45. The molecule has 1 saturated heterocycles. The Hall–Kier alpha value is -0.840. The minimum atomic E-state index is -0.366. The van der Waals surface area contributed by atoms with E-state index in [2.05, 4.69) is 4.90 Å². The van der Waals surface area contributed by atoms with Crippen LogP contribution in [0.2, 0.25) is 0 Å². The van der Waals surface area contributed by atoms with Gasteiger partial charge in [0.15, 0.2) is 5.03 Å². The Balaban J connectivity index is 2.24. The highest BCUT2D eigenvalue weighted by Crippen LogP contribution is 2.08. The minimum absolute atomic E-state index is 0.366. The fraction of sp³-hybridized carbons (Fsp3) is 1.00. The first-order chi connectivity index (χ1) is 5.70. The van der Waals surface area contributed by atoms with Gasteiger partial charge in [0.1, 0.15) is 6.67 Å². The van der Waals surface area contributed by atoms with E-state index in [4.69, 9.17) is 0 Å². The van der Waals surface area contributed by atoms with Gasteiger partial charge < -0.3 is 0 Å². The maximum atomic E-state index is 10.3. The van der Waals surface area contributed by atoms with Crippen molar-refractivity contribution in [1.29, 1.82) is 0 Å². The second kappa shape index (κ2) is 4.25. The molecule has 0 bridgehead atoms. The molecule has 0 atom stereocenters. The van der Waals surface area contributed by atoms with Gasteiger partial charge in [-0.1, -0.05) is 6.42 Å². The van der Waals surface area contributed by atoms with Crippen molar-refractivity contribution in [3.63, 3.8) is 0 Å². The van der Waals surface area contributed by atoms with Crippen LogP contribution in [0.1, 0.15) is 19.3 Å². The average Bonchev–Trinajstić information content (AvgIpc) is 2.06. The molecule has 0 aromatic rings. The fourth-order valence-corrected chi connectivity index (χ4v) is 1.44. The first kappa shape index (κ1) is 9.25. The molecular weight excluding hydrogens is 158 g/mol. The number of hydrazine groups is 1. The van der Waals surface area contributed by atoms with E-state index < -0.39 is 0 Å². The third-order valence-electron chi connectivity index (χ3n) is 2.13. The van der Waals surface area contributed by atoms with Gasteiger partial charge in [0.25, 0.3) is 0 Å². The molecular formula is C7H15N3O2. The number of piperidine rings is 1. The predicted molar refractivity (Wildman–Crippen MR) is 45.0 cm³/mol. The van der Waals surface area contributed by atoms with E-state index in [0.717, 1.165) is 18.1 Å². The van der Waals surface area contributed by atoms with Crippen molar-refractivity contribution in [2.75, 3.05) is 26.8 Å². The zero-order chi connectivity index (χ0) is 8.97. The summed E-state index contributed by atoms with van der Waals surface area (Å²) in [5.74, 6) is 0. The van der Waals surface area contributed by atoms with Crippen LogP contribution in [0, 0.1) is 10.1 Å². The molecule has 0 saturated carbocycles. The Kier molecular flexibility index (Phi) is 3.28. The van der Waals surface area contributed by atoms with Gasteiger partial charge in [-0.2, -0.15) is 0 Å². The first-order valence-electron chi connectivity index (χ1n) is 4.28. The van der Waals surface area contributed by atoms with Gasteiger partial charge in [-0.05, 0) is 12.8 Å². The average molecular weight is 173 g/mol. The normalized spacial score (nSPS) is 19.1. The van der Waals surface area contributed by atoms with Crippen molar-refractivity contribution < 1.29 is 5.03 Å². The molecule has 0 unspecified atom stereocenters. The first-order valence-corrected chi connectivity index (χ1v) is 4.28. The molecule has 12 heavy (non-hydrogen) atoms. The summed E-state index contributed by atoms with van der Waals surface area (Å²) >= 11 is 0. The molecule has 1 aliphatic heterocycles. The van der Waals surface area contributed by atoms with Crippen LogP contribution >= 0.6 is 0 Å². The van der Waals surface area contributed by atoms with E-state index in [-0.39, 0.29) is 5.03 Å². The Labute approximate surface area is 72.1 Å². The third kappa shape index (κ3) is 2.65. The van der Waals surface area contributed by atoms with Crippen LogP contribution in [0.25, 0.3) is 0 Å². The number of nitrogens with zero attached hydrogens (tertiary/aromatic N) is 3. The highest BCUT2D eigenvalue weighted by Gasteiger charge is 2.15. The summed E-state index contributed by atoms with van der Waals surface area (Å²) in [5.41, 5.74) is 0. The van der Waals surface area contributed by atoms with Gasteiger partial charge >= 0.3 is 0 Å². The molecule has 0 aromatic heterocycles. The lowest BCUT2D eigenvalue weighted by Crippen LogP contribution is -2.41. The van der Waals surface area contributed by atoms with Crippen LogP contribution in [0.15, 0.2) is 0 Å². The van der Waals surface area contributed by atoms with E-state index in [9.17, 15) is 10.1 Å². The number of nitro groups is 1. The SMILES string of the molecule is CN(CN1CCCCC1)[N+](=O)[O-]. The summed E-state index contributed by atoms with van der Waals surface area (Å²) in [7, 11) is 1.51. The van der Waals surface area contributed by atoms with Crippen LogP contribution in [0.3, 0.4) is 0 Å². The summed E-state index contributed by atoms with van der Waals surface area (Å²) in [5, 5.41) is 11.0. The van der Waals surface area contributed by atoms with Crippen molar-refractivity contribution in [3.8, 4) is 0 Å². The topological polar surface area (TPSA) is 49.6 Å². The lowest BCUT2D eigenvalue weighted by atomic mass is 10.1. The number of hydrogen-bond acceptors (Lipinski definition) is 3. The molecule has 0 amide bonds. The molecule has 0 radical (unpaired) electrons. The maximum absolute atomic E-state index is 10.3. The van der Waals surface area contributed by atoms with E-state index in [0.29, 0.717) is 6.67 Å². The smallest absolute Gasteiger partial charge is 0.161 e. The molecule has 0 N–H and O–H groups in total. The van der Waals surface area contributed by atoms with Crippen molar-refractivity contribution in [1.82, 2.24) is 9.91 Å². The molecule has 0 aliphatic carbocycles. The molecule has 0 aromatic carbocycles. The molecule has 0 spiro atoms. The van der Waals surface area contributed by atoms with Gasteiger partial charge in [-0.25, -0.2) is 10.1 Å². The number of likely N-dealkylation sites (tertiary alicyclic amines) is 1. The molecule has 5 nitrogen and oxygen atoms in total. The van der Waals surface area contributed by atoms with Gasteiger partial charge in [-0.3, -0.25) is 4.90 Å². The van der Waals surface area contributed by atoms with Crippen LogP contribution in [-0.2, 0) is 0 Å². The Morgan fingerprint density at radius 3 is 2.50 bits per heavy atom. The van der Waals surface area contributed by atoms with Crippen molar-refractivity contribution in [2.24, 2.45) is 0 Å². The monoisotopic (exact) mass is 173 g/mol. The summed E-state index contributed by atoms with van der Waals surface area (Å²) in [6, 6.07) is 0. The quantitative estimate of drug-likeness (QED) is 0.462. The number of hydrogen-bond donors (Lipinski definition) is 0. The Bertz CT molecular complexity index is 157. The van der Waals surface area contributed by atoms with Gasteiger partial charge in [0.2, 0.25) is 0 Å². The molecule has 5 heteroatoms. The van der Waals surface area contributed by atoms with Gasteiger partial charge in [0, 0.05) is 13.1 Å². The van der Waals surface area contributed by atoms with E-state index in [1.165, 1.54) is 26.3 Å². The highest BCUT2D eigenvalue weighted by molar-refractivity contribution is 4.61. The fourth-order valence-electron chi connectivity index (χ4n) is 1.44. The van der Waals surface area contributed by atoms with Crippen LogP contribution in [-0.4, -0.2) is 41.7 Å². The zero-order valence-corrected chi connectivity index (χ0v) is 7.40. The largest absolute Gasteiger partial charge is 0.281 e. The third-order valence-corrected chi connectivity index (χ3v) is 2.13. The van der Waals surface area contributed by atoms with Crippen LogP contribution in [0.5, 0.6) is 0 Å². The second-order valence-corrected chi connectivity index (χ2v) is 3.22. The van der Waals surface area contributed by atoms with Gasteiger partial charge in [0.05, 0.1) is 7.05 Å². The van der Waals surface area contributed by atoms with Crippen molar-refractivity contribution >= 4 is 0 Å². The number of rotatable bonds is 3. The molecule has 1 fully saturated rings. The Morgan fingerprint density at radius 2 is 2.00 bits per heavy atom. The molecule has 1 heterocycles. The standard InChI is InChI=1S/C7H15N3O2/c1-8(10(11)12)7-9-5-3-2-4-6-9/h2-7H2,1H3. The Morgan fingerprint density at radius 1 is 1.42 bits per heavy atom. The summed E-state index contributed by atoms with van der Waals surface area (Å²) in [6.07, 6.45) is 3.61. The van der Waals surface area contributed by atoms with E-state index >= 15 is 0 Å². The van der Waals surface area contributed by atoms with E-state index in [1.807, 2.05) is 0 Å². The molecule has 1 aliphatic rings. The predicted octanol–water partition coefficient (Wildman–Crippen LogP) is 0.553. The maximum Gasteiger partial charge on any atom is 0.161 e.